The lowest BCUT2D eigenvalue weighted by molar-refractivity contribution is -0.384. The predicted octanol–water partition coefficient (Wildman–Crippen LogP) is 2.99. The van der Waals surface area contributed by atoms with Gasteiger partial charge < -0.3 is 5.32 Å². The fourth-order valence-corrected chi connectivity index (χ4v) is 6.55. The summed E-state index contributed by atoms with van der Waals surface area (Å²) < 4.78 is 0. The van der Waals surface area contributed by atoms with Crippen molar-refractivity contribution < 1.29 is 19.3 Å². The molecule has 4 heterocycles. The minimum absolute atomic E-state index is 0.152. The quantitative estimate of drug-likeness (QED) is 0.413. The van der Waals surface area contributed by atoms with E-state index in [-0.39, 0.29) is 23.3 Å². The molecule has 9 nitrogen and oxygen atoms in total. The van der Waals surface area contributed by atoms with Crippen LogP contribution in [0.1, 0.15) is 24.0 Å². The summed E-state index contributed by atoms with van der Waals surface area (Å²) >= 11 is 6.30. The summed E-state index contributed by atoms with van der Waals surface area (Å²) in [6, 6.07) is 8.72. The molecule has 0 aromatic heterocycles. The van der Waals surface area contributed by atoms with Crippen molar-refractivity contribution in [2.24, 2.45) is 11.8 Å². The van der Waals surface area contributed by atoms with Gasteiger partial charge >= 0.3 is 0 Å². The Kier molecular flexibility index (Phi) is 4.07. The molecule has 33 heavy (non-hydrogen) atoms. The molecular weight excluding hydrogens is 448 g/mol. The first kappa shape index (κ1) is 20.3. The maximum Gasteiger partial charge on any atom is 0.271 e. The Hall–Kier alpha value is -3.30. The smallest absolute Gasteiger partial charge is 0.271 e. The van der Waals surface area contributed by atoms with E-state index in [4.69, 9.17) is 11.6 Å². The van der Waals surface area contributed by atoms with Crippen molar-refractivity contribution in [2.75, 3.05) is 16.8 Å². The number of fused-ring (bicyclic) bond motifs is 7. The zero-order chi connectivity index (χ0) is 23.2. The number of amides is 3. The van der Waals surface area contributed by atoms with Gasteiger partial charge in [0, 0.05) is 28.8 Å². The van der Waals surface area contributed by atoms with Gasteiger partial charge in [-0.3, -0.25) is 29.4 Å². The van der Waals surface area contributed by atoms with Crippen molar-refractivity contribution in [1.29, 1.82) is 0 Å². The molecule has 1 N–H and O–H groups in total. The highest BCUT2D eigenvalue weighted by Gasteiger charge is 2.74. The molecule has 3 amide bonds. The van der Waals surface area contributed by atoms with Crippen molar-refractivity contribution >= 4 is 46.4 Å². The van der Waals surface area contributed by atoms with Gasteiger partial charge in [0.15, 0.2) is 0 Å². The molecule has 0 radical (unpaired) electrons. The summed E-state index contributed by atoms with van der Waals surface area (Å²) in [6.07, 6.45) is 1.50. The number of anilines is 2. The number of nitro groups is 1. The zero-order valence-electron chi connectivity index (χ0n) is 17.6. The molecule has 2 aromatic carbocycles. The topological polar surface area (TPSA) is 113 Å². The van der Waals surface area contributed by atoms with E-state index in [1.807, 2.05) is 11.8 Å². The Labute approximate surface area is 193 Å². The Bertz CT molecular complexity index is 1300. The van der Waals surface area contributed by atoms with Gasteiger partial charge in [0.25, 0.3) is 5.69 Å². The monoisotopic (exact) mass is 466 g/mol. The van der Waals surface area contributed by atoms with Crippen LogP contribution in [0.25, 0.3) is 0 Å². The molecule has 3 fully saturated rings. The minimum Gasteiger partial charge on any atom is -0.324 e. The van der Waals surface area contributed by atoms with E-state index in [0.29, 0.717) is 34.8 Å². The summed E-state index contributed by atoms with van der Waals surface area (Å²) in [5.74, 6) is -2.87. The number of hydrogen-bond donors (Lipinski definition) is 1. The summed E-state index contributed by atoms with van der Waals surface area (Å²) in [4.78, 5) is 55.0. The molecule has 0 unspecified atom stereocenters. The van der Waals surface area contributed by atoms with Crippen LogP contribution in [0.4, 0.5) is 17.1 Å². The minimum atomic E-state index is -1.31. The summed E-state index contributed by atoms with van der Waals surface area (Å²) in [5.41, 5.74) is 0.601. The molecular formula is C23H19ClN4O5. The van der Waals surface area contributed by atoms with E-state index in [9.17, 15) is 24.5 Å². The third kappa shape index (κ3) is 2.33. The summed E-state index contributed by atoms with van der Waals surface area (Å²) in [6.45, 7) is 2.41. The number of halogens is 1. The van der Waals surface area contributed by atoms with E-state index in [0.717, 1.165) is 11.3 Å². The van der Waals surface area contributed by atoms with Crippen LogP contribution < -0.4 is 10.2 Å². The zero-order valence-corrected chi connectivity index (χ0v) is 18.3. The van der Waals surface area contributed by atoms with Crippen LogP contribution >= 0.6 is 11.6 Å². The number of imide groups is 1. The van der Waals surface area contributed by atoms with Gasteiger partial charge in [0.1, 0.15) is 5.54 Å². The van der Waals surface area contributed by atoms with E-state index in [1.54, 1.807) is 12.1 Å². The van der Waals surface area contributed by atoms with Crippen LogP contribution in [-0.2, 0) is 19.9 Å². The summed E-state index contributed by atoms with van der Waals surface area (Å²) in [7, 11) is 0. The molecule has 4 atom stereocenters. The van der Waals surface area contributed by atoms with Gasteiger partial charge in [-0.2, -0.15) is 0 Å². The molecule has 3 saturated heterocycles. The van der Waals surface area contributed by atoms with Gasteiger partial charge in [-0.15, -0.1) is 0 Å². The highest BCUT2D eigenvalue weighted by molar-refractivity contribution is 6.32. The molecule has 6 rings (SSSR count). The first-order valence-corrected chi connectivity index (χ1v) is 11.2. The van der Waals surface area contributed by atoms with Crippen molar-refractivity contribution in [3.63, 3.8) is 0 Å². The highest BCUT2D eigenvalue weighted by Crippen LogP contribution is 2.61. The maximum absolute atomic E-state index is 13.9. The number of nitrogens with zero attached hydrogens (tertiary/aromatic N) is 3. The molecule has 0 bridgehead atoms. The number of benzene rings is 2. The molecule has 168 valence electrons. The standard InChI is InChI=1S/C23H19ClN4O5/c1-11-15(24)8-7-14-19(11)25-22(31)23(14)18-17(16-6-3-9-26(16)23)20(29)27(21(18)30)12-4-2-5-13(10-12)28(32)33/h2,4-5,7-8,10,16-18H,3,6,9H2,1H3,(H,25,31)/t16-,17+,18+,23+/m1/s1. The normalized spacial score (nSPS) is 30.1. The number of nitrogens with one attached hydrogen (secondary N) is 1. The predicted molar refractivity (Wildman–Crippen MR) is 119 cm³/mol. The Morgan fingerprint density at radius 3 is 2.73 bits per heavy atom. The average Bonchev–Trinajstić information content (AvgIpc) is 3.49. The van der Waals surface area contributed by atoms with E-state index in [1.165, 1.54) is 24.3 Å². The number of hydrogen-bond acceptors (Lipinski definition) is 6. The van der Waals surface area contributed by atoms with Crippen molar-refractivity contribution in [3.05, 3.63) is 62.7 Å². The third-order valence-electron chi connectivity index (χ3n) is 7.66. The first-order chi connectivity index (χ1) is 15.8. The number of non-ortho nitro benzene ring substituents is 1. The Morgan fingerprint density at radius 2 is 1.97 bits per heavy atom. The van der Waals surface area contributed by atoms with E-state index < -0.39 is 34.1 Å². The molecule has 4 aliphatic rings. The van der Waals surface area contributed by atoms with Crippen LogP contribution in [0.15, 0.2) is 36.4 Å². The van der Waals surface area contributed by atoms with Gasteiger partial charge in [-0.05, 0) is 44.0 Å². The molecule has 2 aromatic rings. The second-order valence-electron chi connectivity index (χ2n) is 9.01. The lowest BCUT2D eigenvalue weighted by atomic mass is 9.75. The molecule has 1 spiro atoms. The highest BCUT2D eigenvalue weighted by atomic mass is 35.5. The van der Waals surface area contributed by atoms with Crippen LogP contribution in [-0.4, -0.2) is 40.1 Å². The average molecular weight is 467 g/mol. The van der Waals surface area contributed by atoms with Gasteiger partial charge in [-0.25, -0.2) is 4.90 Å². The van der Waals surface area contributed by atoms with Crippen LogP contribution in [0.5, 0.6) is 0 Å². The van der Waals surface area contributed by atoms with Crippen molar-refractivity contribution in [2.45, 2.75) is 31.3 Å². The van der Waals surface area contributed by atoms with Crippen LogP contribution in [0.3, 0.4) is 0 Å². The van der Waals surface area contributed by atoms with Gasteiger partial charge in [0.05, 0.1) is 28.1 Å². The molecule has 0 aliphatic carbocycles. The van der Waals surface area contributed by atoms with Gasteiger partial charge in [0.2, 0.25) is 17.7 Å². The second kappa shape index (κ2) is 6.61. The van der Waals surface area contributed by atoms with E-state index >= 15 is 0 Å². The number of rotatable bonds is 2. The number of carbonyl (C=O) groups is 3. The molecule has 4 aliphatic heterocycles. The van der Waals surface area contributed by atoms with Crippen LogP contribution in [0.2, 0.25) is 5.02 Å². The fourth-order valence-electron chi connectivity index (χ4n) is 6.39. The lowest BCUT2D eigenvalue weighted by Gasteiger charge is -2.36. The first-order valence-electron chi connectivity index (χ1n) is 10.8. The van der Waals surface area contributed by atoms with Crippen molar-refractivity contribution in [3.8, 4) is 0 Å². The maximum atomic E-state index is 13.9. The SMILES string of the molecule is Cc1c(Cl)ccc2c1NC(=O)[C@@]21[C@@H]2C(=O)N(c3cccc([N+](=O)[O-])c3)C(=O)[C@H]2[C@H]2CCCN21. The fraction of sp³-hybridized carbons (Fsp3) is 0.348. The molecule has 0 saturated carbocycles. The second-order valence-corrected chi connectivity index (χ2v) is 9.42. The Morgan fingerprint density at radius 1 is 1.18 bits per heavy atom. The molecule has 10 heteroatoms. The van der Waals surface area contributed by atoms with Crippen LogP contribution in [0, 0.1) is 28.9 Å². The lowest BCUT2D eigenvalue weighted by Crippen LogP contribution is -2.54. The van der Waals surface area contributed by atoms with Gasteiger partial charge in [-0.1, -0.05) is 23.7 Å². The van der Waals surface area contributed by atoms with E-state index in [2.05, 4.69) is 5.32 Å². The number of carbonyl (C=O) groups excluding carboxylic acids is 3. The largest absolute Gasteiger partial charge is 0.324 e. The Balaban J connectivity index is 1.55. The third-order valence-corrected chi connectivity index (χ3v) is 8.07. The van der Waals surface area contributed by atoms with Crippen molar-refractivity contribution in [1.82, 2.24) is 4.90 Å². The summed E-state index contributed by atoms with van der Waals surface area (Å²) in [5, 5.41) is 14.7. The number of nitro benzene ring substituents is 1.